The molecule has 2 aromatic rings. The fraction of sp³-hybridized carbons (Fsp3) is 0.250. The molecule has 0 aliphatic carbocycles. The van der Waals surface area contributed by atoms with Gasteiger partial charge in [0, 0.05) is 24.2 Å². The molecule has 0 saturated carbocycles. The number of halogens is 1. The van der Waals surface area contributed by atoms with Gasteiger partial charge in [-0.05, 0) is 19.2 Å². The van der Waals surface area contributed by atoms with E-state index in [1.807, 2.05) is 43.4 Å². The molecule has 0 bridgehead atoms. The Labute approximate surface area is 113 Å². The second-order valence-electron chi connectivity index (χ2n) is 4.58. The maximum atomic E-state index is 13.6. The SMILES string of the molecule is COc1ccccc1CN(C)Cc1ccccc1F. The normalized spacial score (nSPS) is 10.7. The zero-order valence-corrected chi connectivity index (χ0v) is 11.3. The Morgan fingerprint density at radius 2 is 1.53 bits per heavy atom. The molecule has 0 aliphatic rings. The summed E-state index contributed by atoms with van der Waals surface area (Å²) in [6, 6.07) is 14.8. The predicted molar refractivity (Wildman–Crippen MR) is 74.6 cm³/mol. The quantitative estimate of drug-likeness (QED) is 0.815. The lowest BCUT2D eigenvalue weighted by atomic mass is 10.1. The van der Waals surface area contributed by atoms with Crippen LogP contribution in [0.4, 0.5) is 4.39 Å². The highest BCUT2D eigenvalue weighted by Gasteiger charge is 2.08. The first-order valence-electron chi connectivity index (χ1n) is 6.24. The Bertz CT molecular complexity index is 542. The van der Waals surface area contributed by atoms with E-state index in [4.69, 9.17) is 4.74 Å². The molecule has 0 radical (unpaired) electrons. The Morgan fingerprint density at radius 3 is 2.21 bits per heavy atom. The van der Waals surface area contributed by atoms with Gasteiger partial charge in [-0.25, -0.2) is 4.39 Å². The van der Waals surface area contributed by atoms with E-state index in [1.54, 1.807) is 13.2 Å². The Balaban J connectivity index is 2.05. The number of hydrogen-bond acceptors (Lipinski definition) is 2. The summed E-state index contributed by atoms with van der Waals surface area (Å²) in [4.78, 5) is 2.07. The fourth-order valence-corrected chi connectivity index (χ4v) is 2.10. The van der Waals surface area contributed by atoms with Gasteiger partial charge in [-0.1, -0.05) is 36.4 Å². The highest BCUT2D eigenvalue weighted by Crippen LogP contribution is 2.19. The Morgan fingerprint density at radius 1 is 0.947 bits per heavy atom. The van der Waals surface area contributed by atoms with Crippen molar-refractivity contribution < 1.29 is 9.13 Å². The molecule has 2 rings (SSSR count). The third kappa shape index (κ3) is 3.55. The topological polar surface area (TPSA) is 12.5 Å². The highest BCUT2D eigenvalue weighted by atomic mass is 19.1. The zero-order chi connectivity index (χ0) is 13.7. The number of para-hydroxylation sites is 1. The van der Waals surface area contributed by atoms with Gasteiger partial charge in [-0.3, -0.25) is 4.90 Å². The van der Waals surface area contributed by atoms with Crippen LogP contribution in [0, 0.1) is 5.82 Å². The lowest BCUT2D eigenvalue weighted by Crippen LogP contribution is -2.18. The van der Waals surface area contributed by atoms with Crippen molar-refractivity contribution in [3.05, 3.63) is 65.5 Å². The van der Waals surface area contributed by atoms with Crippen LogP contribution in [0.1, 0.15) is 11.1 Å². The molecule has 0 spiro atoms. The molecule has 0 atom stereocenters. The first kappa shape index (κ1) is 13.6. The molecular weight excluding hydrogens is 241 g/mol. The van der Waals surface area contributed by atoms with E-state index < -0.39 is 0 Å². The zero-order valence-electron chi connectivity index (χ0n) is 11.3. The lowest BCUT2D eigenvalue weighted by Gasteiger charge is -2.18. The number of ether oxygens (including phenoxy) is 1. The first-order valence-corrected chi connectivity index (χ1v) is 6.24. The van der Waals surface area contributed by atoms with Gasteiger partial charge in [0.25, 0.3) is 0 Å². The van der Waals surface area contributed by atoms with Gasteiger partial charge >= 0.3 is 0 Å². The van der Waals surface area contributed by atoms with Crippen LogP contribution in [0.3, 0.4) is 0 Å². The standard InChI is InChI=1S/C16H18FNO/c1-18(11-13-7-3-5-9-15(13)17)12-14-8-4-6-10-16(14)19-2/h3-10H,11-12H2,1-2H3. The van der Waals surface area contributed by atoms with Gasteiger partial charge in [-0.15, -0.1) is 0 Å². The number of rotatable bonds is 5. The maximum absolute atomic E-state index is 13.6. The minimum Gasteiger partial charge on any atom is -0.496 e. The third-order valence-electron chi connectivity index (χ3n) is 3.03. The van der Waals surface area contributed by atoms with Crippen LogP contribution in [0.5, 0.6) is 5.75 Å². The summed E-state index contributed by atoms with van der Waals surface area (Å²) in [5, 5.41) is 0. The molecule has 100 valence electrons. The number of nitrogens with zero attached hydrogens (tertiary/aromatic N) is 1. The smallest absolute Gasteiger partial charge is 0.127 e. The second-order valence-corrected chi connectivity index (χ2v) is 4.58. The molecule has 2 nitrogen and oxygen atoms in total. The Kier molecular flexibility index (Phi) is 4.53. The molecule has 0 amide bonds. The maximum Gasteiger partial charge on any atom is 0.127 e. The van der Waals surface area contributed by atoms with Gasteiger partial charge in [0.2, 0.25) is 0 Å². The molecule has 19 heavy (non-hydrogen) atoms. The van der Waals surface area contributed by atoms with E-state index >= 15 is 0 Å². The van der Waals surface area contributed by atoms with E-state index in [0.717, 1.165) is 17.9 Å². The lowest BCUT2D eigenvalue weighted by molar-refractivity contribution is 0.305. The van der Waals surface area contributed by atoms with Crippen LogP contribution < -0.4 is 4.74 Å². The van der Waals surface area contributed by atoms with Crippen LogP contribution >= 0.6 is 0 Å². The third-order valence-corrected chi connectivity index (χ3v) is 3.03. The second kappa shape index (κ2) is 6.34. The van der Waals surface area contributed by atoms with Crippen LogP contribution in [-0.4, -0.2) is 19.1 Å². The van der Waals surface area contributed by atoms with Crippen molar-refractivity contribution in [2.45, 2.75) is 13.1 Å². The van der Waals surface area contributed by atoms with E-state index in [9.17, 15) is 4.39 Å². The van der Waals surface area contributed by atoms with E-state index in [1.165, 1.54) is 6.07 Å². The predicted octanol–water partition coefficient (Wildman–Crippen LogP) is 3.47. The molecule has 0 heterocycles. The summed E-state index contributed by atoms with van der Waals surface area (Å²) in [6.07, 6.45) is 0. The van der Waals surface area contributed by atoms with Crippen molar-refractivity contribution in [3.8, 4) is 5.75 Å². The molecule has 0 aromatic heterocycles. The minimum atomic E-state index is -0.158. The summed E-state index contributed by atoms with van der Waals surface area (Å²) in [6.45, 7) is 1.29. The van der Waals surface area contributed by atoms with E-state index in [-0.39, 0.29) is 5.82 Å². The molecule has 0 unspecified atom stereocenters. The molecular formula is C16H18FNO. The van der Waals surface area contributed by atoms with E-state index in [0.29, 0.717) is 12.1 Å². The number of benzene rings is 2. The number of methoxy groups -OCH3 is 1. The van der Waals surface area contributed by atoms with Crippen molar-refractivity contribution in [3.63, 3.8) is 0 Å². The summed E-state index contributed by atoms with van der Waals surface area (Å²) in [7, 11) is 3.63. The van der Waals surface area contributed by atoms with Gasteiger partial charge in [-0.2, -0.15) is 0 Å². The van der Waals surface area contributed by atoms with E-state index in [2.05, 4.69) is 4.90 Å². The highest BCUT2D eigenvalue weighted by molar-refractivity contribution is 5.33. The molecule has 2 aromatic carbocycles. The minimum absolute atomic E-state index is 0.158. The number of hydrogen-bond donors (Lipinski definition) is 0. The Hall–Kier alpha value is -1.87. The summed E-state index contributed by atoms with van der Waals surface area (Å²) < 4.78 is 18.9. The van der Waals surface area contributed by atoms with Crippen LogP contribution in [-0.2, 0) is 13.1 Å². The van der Waals surface area contributed by atoms with Crippen molar-refractivity contribution in [1.82, 2.24) is 4.90 Å². The van der Waals surface area contributed by atoms with Crippen LogP contribution in [0.2, 0.25) is 0 Å². The average Bonchev–Trinajstić information content (AvgIpc) is 2.42. The fourth-order valence-electron chi connectivity index (χ4n) is 2.10. The van der Waals surface area contributed by atoms with Gasteiger partial charge in [0.15, 0.2) is 0 Å². The van der Waals surface area contributed by atoms with Crippen molar-refractivity contribution in [2.24, 2.45) is 0 Å². The largest absolute Gasteiger partial charge is 0.496 e. The van der Waals surface area contributed by atoms with Crippen molar-refractivity contribution in [1.29, 1.82) is 0 Å². The molecule has 0 aliphatic heterocycles. The van der Waals surface area contributed by atoms with Gasteiger partial charge in [0.1, 0.15) is 11.6 Å². The van der Waals surface area contributed by atoms with Gasteiger partial charge < -0.3 is 4.74 Å². The molecule has 0 fully saturated rings. The summed E-state index contributed by atoms with van der Waals surface area (Å²) in [5.41, 5.74) is 1.81. The molecule has 0 saturated heterocycles. The van der Waals surface area contributed by atoms with Gasteiger partial charge in [0.05, 0.1) is 7.11 Å². The first-order chi connectivity index (χ1) is 9.20. The molecule has 0 N–H and O–H groups in total. The summed E-state index contributed by atoms with van der Waals surface area (Å²) >= 11 is 0. The molecule has 3 heteroatoms. The van der Waals surface area contributed by atoms with Crippen LogP contribution in [0.15, 0.2) is 48.5 Å². The summed E-state index contributed by atoms with van der Waals surface area (Å²) in [5.74, 6) is 0.706. The van der Waals surface area contributed by atoms with Crippen molar-refractivity contribution >= 4 is 0 Å². The van der Waals surface area contributed by atoms with Crippen LogP contribution in [0.25, 0.3) is 0 Å². The monoisotopic (exact) mass is 259 g/mol. The average molecular weight is 259 g/mol. The van der Waals surface area contributed by atoms with Crippen molar-refractivity contribution in [2.75, 3.05) is 14.2 Å².